The van der Waals surface area contributed by atoms with E-state index in [9.17, 15) is 9.18 Å². The van der Waals surface area contributed by atoms with Crippen LogP contribution in [0.25, 0.3) is 6.08 Å². The summed E-state index contributed by atoms with van der Waals surface area (Å²) >= 11 is 4.49. The summed E-state index contributed by atoms with van der Waals surface area (Å²) in [5, 5.41) is 20.4. The Kier molecular flexibility index (Phi) is 5.35. The van der Waals surface area contributed by atoms with Gasteiger partial charge < -0.3 is 0 Å². The molecular weight excluding hydrogens is 371 g/mol. The van der Waals surface area contributed by atoms with Gasteiger partial charge in [-0.15, -0.1) is 10.2 Å². The maximum absolute atomic E-state index is 13.2. The summed E-state index contributed by atoms with van der Waals surface area (Å²) in [6, 6.07) is 5.82. The fourth-order valence-corrected chi connectivity index (χ4v) is 2.58. The SMILES string of the molecule is CCc1nnc(NC(=O)C(C#N)=Cc2cc(F)ccc2Br)s1. The van der Waals surface area contributed by atoms with Crippen LogP contribution in [0.15, 0.2) is 28.2 Å². The number of carbonyl (C=O) groups is 1. The molecule has 0 aliphatic heterocycles. The van der Waals surface area contributed by atoms with Crippen molar-refractivity contribution in [3.8, 4) is 6.07 Å². The molecule has 0 spiro atoms. The first-order valence-electron chi connectivity index (χ1n) is 6.24. The zero-order chi connectivity index (χ0) is 16.1. The van der Waals surface area contributed by atoms with E-state index in [1.165, 1.54) is 35.6 Å². The highest BCUT2D eigenvalue weighted by Gasteiger charge is 2.13. The highest BCUT2D eigenvalue weighted by atomic mass is 79.9. The van der Waals surface area contributed by atoms with Crippen LogP contribution in [0.2, 0.25) is 0 Å². The van der Waals surface area contributed by atoms with Crippen LogP contribution in [0.3, 0.4) is 0 Å². The molecule has 1 amide bonds. The highest BCUT2D eigenvalue weighted by Crippen LogP contribution is 2.21. The predicted molar refractivity (Wildman–Crippen MR) is 85.6 cm³/mol. The number of hydrogen-bond donors (Lipinski definition) is 1. The fraction of sp³-hybridized carbons (Fsp3) is 0.143. The van der Waals surface area contributed by atoms with Crippen LogP contribution in [0.1, 0.15) is 17.5 Å². The van der Waals surface area contributed by atoms with Gasteiger partial charge in [0.15, 0.2) is 0 Å². The zero-order valence-electron chi connectivity index (χ0n) is 11.4. The third-order valence-corrected chi connectivity index (χ3v) is 4.32. The molecule has 1 aromatic carbocycles. The third-order valence-electron chi connectivity index (χ3n) is 2.61. The van der Waals surface area contributed by atoms with Crippen molar-refractivity contribution in [3.63, 3.8) is 0 Å². The van der Waals surface area contributed by atoms with Crippen molar-refractivity contribution in [1.29, 1.82) is 5.26 Å². The summed E-state index contributed by atoms with van der Waals surface area (Å²) < 4.78 is 13.8. The highest BCUT2D eigenvalue weighted by molar-refractivity contribution is 9.10. The minimum absolute atomic E-state index is 0.153. The number of rotatable bonds is 4. The van der Waals surface area contributed by atoms with E-state index in [2.05, 4.69) is 31.4 Å². The lowest BCUT2D eigenvalue weighted by atomic mass is 10.1. The van der Waals surface area contributed by atoms with E-state index < -0.39 is 11.7 Å². The number of halogens is 2. The molecule has 0 radical (unpaired) electrons. The minimum atomic E-state index is -0.613. The van der Waals surface area contributed by atoms with E-state index >= 15 is 0 Å². The van der Waals surface area contributed by atoms with Crippen LogP contribution in [-0.4, -0.2) is 16.1 Å². The molecule has 0 atom stereocenters. The molecule has 1 aromatic heterocycles. The molecule has 2 aromatic rings. The second-order valence-electron chi connectivity index (χ2n) is 4.14. The van der Waals surface area contributed by atoms with Crippen molar-refractivity contribution >= 4 is 44.4 Å². The number of aryl methyl sites for hydroxylation is 1. The molecule has 5 nitrogen and oxygen atoms in total. The van der Waals surface area contributed by atoms with Crippen LogP contribution >= 0.6 is 27.3 Å². The first-order valence-corrected chi connectivity index (χ1v) is 7.85. The number of nitriles is 1. The van der Waals surface area contributed by atoms with Gasteiger partial charge in [-0.25, -0.2) is 4.39 Å². The first-order chi connectivity index (χ1) is 10.5. The molecule has 0 aliphatic carbocycles. The summed E-state index contributed by atoms with van der Waals surface area (Å²) in [7, 11) is 0. The van der Waals surface area contributed by atoms with E-state index in [0.29, 0.717) is 21.6 Å². The third kappa shape index (κ3) is 3.96. The zero-order valence-corrected chi connectivity index (χ0v) is 13.8. The topological polar surface area (TPSA) is 78.7 Å². The normalized spacial score (nSPS) is 11.1. The second kappa shape index (κ2) is 7.24. The van der Waals surface area contributed by atoms with E-state index in [0.717, 1.165) is 5.01 Å². The number of aromatic nitrogens is 2. The minimum Gasteiger partial charge on any atom is -0.296 e. The summed E-state index contributed by atoms with van der Waals surface area (Å²) in [6.07, 6.45) is 2.02. The Labute approximate surface area is 138 Å². The van der Waals surface area contributed by atoms with Gasteiger partial charge >= 0.3 is 0 Å². The molecule has 0 saturated carbocycles. The second-order valence-corrected chi connectivity index (χ2v) is 6.06. The lowest BCUT2D eigenvalue weighted by molar-refractivity contribution is -0.112. The van der Waals surface area contributed by atoms with Crippen molar-refractivity contribution in [2.45, 2.75) is 13.3 Å². The number of nitrogens with zero attached hydrogens (tertiary/aromatic N) is 3. The van der Waals surface area contributed by atoms with Gasteiger partial charge in [0.2, 0.25) is 5.13 Å². The summed E-state index contributed by atoms with van der Waals surface area (Å²) in [6.45, 7) is 1.92. The standard InChI is InChI=1S/C14H10BrFN4OS/c1-2-12-19-20-14(22-12)18-13(21)9(7-17)5-8-6-10(16)3-4-11(8)15/h3-6H,2H2,1H3,(H,18,20,21). The molecule has 0 aliphatic rings. The quantitative estimate of drug-likeness (QED) is 0.649. The summed E-state index contributed by atoms with van der Waals surface area (Å²) in [5.41, 5.74) is 0.248. The van der Waals surface area contributed by atoms with Crippen LogP contribution in [-0.2, 0) is 11.2 Å². The van der Waals surface area contributed by atoms with Gasteiger partial charge in [0.05, 0.1) is 0 Å². The molecule has 0 bridgehead atoms. The number of nitrogens with one attached hydrogen (secondary N) is 1. The molecule has 0 saturated heterocycles. The average molecular weight is 381 g/mol. The van der Waals surface area contributed by atoms with Crippen LogP contribution in [0.4, 0.5) is 9.52 Å². The molecule has 8 heteroatoms. The van der Waals surface area contributed by atoms with Gasteiger partial charge in [0.1, 0.15) is 22.5 Å². The predicted octanol–water partition coefficient (Wildman–Crippen LogP) is 3.55. The largest absolute Gasteiger partial charge is 0.296 e. The van der Waals surface area contributed by atoms with Crippen LogP contribution in [0.5, 0.6) is 0 Å². The van der Waals surface area contributed by atoms with E-state index in [4.69, 9.17) is 5.26 Å². The van der Waals surface area contributed by atoms with Crippen molar-refractivity contribution in [3.05, 3.63) is 44.6 Å². The molecule has 0 fully saturated rings. The van der Waals surface area contributed by atoms with Gasteiger partial charge in [-0.2, -0.15) is 5.26 Å². The van der Waals surface area contributed by atoms with Crippen molar-refractivity contribution in [2.24, 2.45) is 0 Å². The molecular formula is C14H10BrFN4OS. The number of amides is 1. The molecule has 0 unspecified atom stereocenters. The smallest absolute Gasteiger partial charge is 0.268 e. The Bertz CT molecular complexity index is 781. The molecule has 2 rings (SSSR count). The summed E-state index contributed by atoms with van der Waals surface area (Å²) in [5.74, 6) is -1.07. The van der Waals surface area contributed by atoms with E-state index in [1.807, 2.05) is 6.92 Å². The monoisotopic (exact) mass is 380 g/mol. The van der Waals surface area contributed by atoms with E-state index in [1.54, 1.807) is 6.07 Å². The Balaban J connectivity index is 2.23. The number of hydrogen-bond acceptors (Lipinski definition) is 5. The molecule has 1 heterocycles. The molecule has 22 heavy (non-hydrogen) atoms. The van der Waals surface area contributed by atoms with Gasteiger partial charge in [0, 0.05) is 4.47 Å². The molecule has 112 valence electrons. The van der Waals surface area contributed by atoms with Crippen LogP contribution < -0.4 is 5.32 Å². The van der Waals surface area contributed by atoms with E-state index in [-0.39, 0.29) is 5.57 Å². The first kappa shape index (κ1) is 16.3. The molecule has 1 N–H and O–H groups in total. The van der Waals surface area contributed by atoms with Crippen molar-refractivity contribution in [2.75, 3.05) is 5.32 Å². The Morgan fingerprint density at radius 3 is 2.95 bits per heavy atom. The fourth-order valence-electron chi connectivity index (χ4n) is 1.54. The van der Waals surface area contributed by atoms with Gasteiger partial charge in [-0.3, -0.25) is 10.1 Å². The maximum atomic E-state index is 13.2. The maximum Gasteiger partial charge on any atom is 0.268 e. The Hall–Kier alpha value is -2.11. The van der Waals surface area contributed by atoms with Gasteiger partial charge in [-0.1, -0.05) is 34.2 Å². The Morgan fingerprint density at radius 2 is 2.32 bits per heavy atom. The van der Waals surface area contributed by atoms with Crippen LogP contribution in [0, 0.1) is 17.1 Å². The van der Waals surface area contributed by atoms with Gasteiger partial charge in [-0.05, 0) is 36.3 Å². The van der Waals surface area contributed by atoms with Crippen molar-refractivity contribution in [1.82, 2.24) is 10.2 Å². The van der Waals surface area contributed by atoms with Gasteiger partial charge in [0.25, 0.3) is 5.91 Å². The Morgan fingerprint density at radius 1 is 1.55 bits per heavy atom. The average Bonchev–Trinajstić information content (AvgIpc) is 2.95. The number of anilines is 1. The lowest BCUT2D eigenvalue weighted by Gasteiger charge is -2.02. The lowest BCUT2D eigenvalue weighted by Crippen LogP contribution is -2.13. The number of benzene rings is 1. The van der Waals surface area contributed by atoms with Crippen molar-refractivity contribution < 1.29 is 9.18 Å². The number of carbonyl (C=O) groups excluding carboxylic acids is 1. The summed E-state index contributed by atoms with van der Waals surface area (Å²) in [4.78, 5) is 12.1.